The molecule has 0 fully saturated rings. The fourth-order valence-electron chi connectivity index (χ4n) is 2.29. The van der Waals surface area contributed by atoms with E-state index in [1.807, 2.05) is 18.5 Å². The maximum absolute atomic E-state index is 6.01. The Morgan fingerprint density at radius 3 is 3.19 bits per heavy atom. The average Bonchev–Trinajstić information content (AvgIpc) is 2.75. The molecule has 1 aliphatic rings. The Kier molecular flexibility index (Phi) is 2.40. The molecule has 1 aliphatic heterocycles. The molecule has 1 aromatic carbocycles. The average molecular weight is 234 g/mol. The van der Waals surface area contributed by atoms with E-state index in [1.54, 1.807) is 0 Å². The van der Waals surface area contributed by atoms with Crippen LogP contribution < -0.4 is 0 Å². The van der Waals surface area contributed by atoms with Gasteiger partial charge in [-0.05, 0) is 24.1 Å². The number of aromatic nitrogens is 3. The quantitative estimate of drug-likeness (QED) is 0.758. The molecule has 0 saturated heterocycles. The Bertz CT molecular complexity index is 506. The Morgan fingerprint density at radius 2 is 2.31 bits per heavy atom. The predicted molar refractivity (Wildman–Crippen MR) is 62.5 cm³/mol. The number of halogens is 1. The van der Waals surface area contributed by atoms with E-state index in [2.05, 4.69) is 26.9 Å². The topological polar surface area (TPSA) is 30.7 Å². The van der Waals surface area contributed by atoms with Gasteiger partial charge in [-0.1, -0.05) is 23.7 Å². The van der Waals surface area contributed by atoms with Crippen molar-refractivity contribution in [2.75, 3.05) is 0 Å². The van der Waals surface area contributed by atoms with Crippen LogP contribution in [0, 0.1) is 0 Å². The highest BCUT2D eigenvalue weighted by Gasteiger charge is 2.20. The number of hydrogen-bond donors (Lipinski definition) is 0. The SMILES string of the molecule is Clc1cccc(C2CCc3nncn3C2)c1. The highest BCUT2D eigenvalue weighted by Crippen LogP contribution is 2.29. The van der Waals surface area contributed by atoms with Crippen LogP contribution >= 0.6 is 11.6 Å². The lowest BCUT2D eigenvalue weighted by Gasteiger charge is -2.23. The molecule has 1 aromatic heterocycles. The molecule has 82 valence electrons. The van der Waals surface area contributed by atoms with Crippen molar-refractivity contribution >= 4 is 11.6 Å². The zero-order valence-electron chi connectivity index (χ0n) is 8.81. The molecule has 4 heteroatoms. The second-order valence-corrected chi connectivity index (χ2v) is 4.63. The van der Waals surface area contributed by atoms with Gasteiger partial charge in [-0.15, -0.1) is 10.2 Å². The molecule has 0 N–H and O–H groups in total. The normalized spacial score (nSPS) is 19.4. The molecule has 0 spiro atoms. The first-order valence-electron chi connectivity index (χ1n) is 5.45. The largest absolute Gasteiger partial charge is 0.317 e. The molecule has 3 rings (SSSR count). The third-order valence-electron chi connectivity index (χ3n) is 3.15. The van der Waals surface area contributed by atoms with Gasteiger partial charge in [0.1, 0.15) is 12.2 Å². The maximum atomic E-state index is 6.01. The van der Waals surface area contributed by atoms with Crippen LogP contribution in [0.25, 0.3) is 0 Å². The van der Waals surface area contributed by atoms with Gasteiger partial charge in [-0.25, -0.2) is 0 Å². The van der Waals surface area contributed by atoms with Gasteiger partial charge in [0.05, 0.1) is 0 Å². The van der Waals surface area contributed by atoms with Gasteiger partial charge in [0.2, 0.25) is 0 Å². The third kappa shape index (κ3) is 1.71. The highest BCUT2D eigenvalue weighted by atomic mass is 35.5. The summed E-state index contributed by atoms with van der Waals surface area (Å²) in [6.45, 7) is 0.961. The Balaban J connectivity index is 1.88. The first-order chi connectivity index (χ1) is 7.83. The van der Waals surface area contributed by atoms with E-state index in [4.69, 9.17) is 11.6 Å². The second-order valence-electron chi connectivity index (χ2n) is 4.19. The third-order valence-corrected chi connectivity index (χ3v) is 3.38. The summed E-state index contributed by atoms with van der Waals surface area (Å²) in [7, 11) is 0. The van der Waals surface area contributed by atoms with Crippen molar-refractivity contribution in [3.63, 3.8) is 0 Å². The molecule has 1 unspecified atom stereocenters. The standard InChI is InChI=1S/C12H12ClN3/c13-11-3-1-2-9(6-11)10-4-5-12-15-14-8-16(12)7-10/h1-3,6,8,10H,4-5,7H2. The Labute approximate surface area is 99.1 Å². The molecule has 3 nitrogen and oxygen atoms in total. The Hall–Kier alpha value is -1.35. The number of rotatable bonds is 1. The fourth-order valence-corrected chi connectivity index (χ4v) is 2.49. The van der Waals surface area contributed by atoms with E-state index in [0.717, 1.165) is 30.2 Å². The fraction of sp³-hybridized carbons (Fsp3) is 0.333. The molecular formula is C12H12ClN3. The molecule has 2 aromatic rings. The summed E-state index contributed by atoms with van der Waals surface area (Å²) in [6.07, 6.45) is 3.93. The molecule has 0 saturated carbocycles. The predicted octanol–water partition coefficient (Wildman–Crippen LogP) is 2.66. The smallest absolute Gasteiger partial charge is 0.132 e. The van der Waals surface area contributed by atoms with Crippen molar-refractivity contribution in [1.82, 2.24) is 14.8 Å². The minimum atomic E-state index is 0.530. The molecule has 16 heavy (non-hydrogen) atoms. The van der Waals surface area contributed by atoms with Crippen LogP contribution in [0.3, 0.4) is 0 Å². The van der Waals surface area contributed by atoms with Gasteiger partial charge in [0, 0.05) is 23.9 Å². The van der Waals surface area contributed by atoms with Gasteiger partial charge in [0.15, 0.2) is 0 Å². The van der Waals surface area contributed by atoms with Gasteiger partial charge < -0.3 is 4.57 Å². The summed E-state index contributed by atoms with van der Waals surface area (Å²) in [5, 5.41) is 8.84. The summed E-state index contributed by atoms with van der Waals surface area (Å²) >= 11 is 6.01. The minimum Gasteiger partial charge on any atom is -0.317 e. The lowest BCUT2D eigenvalue weighted by atomic mass is 9.92. The summed E-state index contributed by atoms with van der Waals surface area (Å²) in [5.41, 5.74) is 1.31. The van der Waals surface area contributed by atoms with Crippen LogP contribution in [0.15, 0.2) is 30.6 Å². The van der Waals surface area contributed by atoms with Crippen molar-refractivity contribution < 1.29 is 0 Å². The van der Waals surface area contributed by atoms with Crippen molar-refractivity contribution in [2.24, 2.45) is 0 Å². The van der Waals surface area contributed by atoms with Gasteiger partial charge in [-0.2, -0.15) is 0 Å². The number of fused-ring (bicyclic) bond motifs is 1. The zero-order valence-corrected chi connectivity index (χ0v) is 9.56. The number of benzene rings is 1. The van der Waals surface area contributed by atoms with Gasteiger partial charge in [0.25, 0.3) is 0 Å². The van der Waals surface area contributed by atoms with Gasteiger partial charge in [-0.3, -0.25) is 0 Å². The second kappa shape index (κ2) is 3.91. The van der Waals surface area contributed by atoms with Crippen LogP contribution in [0.2, 0.25) is 5.02 Å². The molecule has 2 heterocycles. The molecule has 0 amide bonds. The molecule has 0 aliphatic carbocycles. The lowest BCUT2D eigenvalue weighted by molar-refractivity contribution is 0.456. The first kappa shape index (κ1) is 9.85. The van der Waals surface area contributed by atoms with Crippen LogP contribution in [0.1, 0.15) is 23.7 Å². The van der Waals surface area contributed by atoms with E-state index in [9.17, 15) is 0 Å². The monoisotopic (exact) mass is 233 g/mol. The number of aryl methyl sites for hydroxylation is 1. The highest BCUT2D eigenvalue weighted by molar-refractivity contribution is 6.30. The lowest BCUT2D eigenvalue weighted by Crippen LogP contribution is -2.18. The van der Waals surface area contributed by atoms with Crippen molar-refractivity contribution in [2.45, 2.75) is 25.3 Å². The zero-order chi connectivity index (χ0) is 11.0. The number of nitrogens with zero attached hydrogens (tertiary/aromatic N) is 3. The van der Waals surface area contributed by atoms with Crippen molar-refractivity contribution in [3.05, 3.63) is 47.0 Å². The van der Waals surface area contributed by atoms with Crippen molar-refractivity contribution in [1.29, 1.82) is 0 Å². The van der Waals surface area contributed by atoms with Crippen LogP contribution in [-0.4, -0.2) is 14.8 Å². The minimum absolute atomic E-state index is 0.530. The first-order valence-corrected chi connectivity index (χ1v) is 5.83. The van der Waals surface area contributed by atoms with Gasteiger partial charge >= 0.3 is 0 Å². The van der Waals surface area contributed by atoms with E-state index in [-0.39, 0.29) is 0 Å². The van der Waals surface area contributed by atoms with E-state index < -0.39 is 0 Å². The van der Waals surface area contributed by atoms with Crippen LogP contribution in [-0.2, 0) is 13.0 Å². The van der Waals surface area contributed by atoms with E-state index >= 15 is 0 Å². The van der Waals surface area contributed by atoms with Crippen LogP contribution in [0.4, 0.5) is 0 Å². The summed E-state index contributed by atoms with van der Waals surface area (Å²) < 4.78 is 2.13. The van der Waals surface area contributed by atoms with Crippen LogP contribution in [0.5, 0.6) is 0 Å². The maximum Gasteiger partial charge on any atom is 0.132 e. The van der Waals surface area contributed by atoms with Crippen molar-refractivity contribution in [3.8, 4) is 0 Å². The molecule has 0 radical (unpaired) electrons. The summed E-state index contributed by atoms with van der Waals surface area (Å²) in [5.74, 6) is 1.63. The summed E-state index contributed by atoms with van der Waals surface area (Å²) in [6, 6.07) is 8.13. The van der Waals surface area contributed by atoms with E-state index in [1.165, 1.54) is 5.56 Å². The Morgan fingerprint density at radius 1 is 1.38 bits per heavy atom. The molecule has 0 bridgehead atoms. The van der Waals surface area contributed by atoms with E-state index in [0.29, 0.717) is 5.92 Å². The molecule has 1 atom stereocenters. The molecular weight excluding hydrogens is 222 g/mol. The number of hydrogen-bond acceptors (Lipinski definition) is 2. The summed E-state index contributed by atoms with van der Waals surface area (Å²) in [4.78, 5) is 0.